The normalized spacial score (nSPS) is 11.4. The quantitative estimate of drug-likeness (QED) is 0.574. The van der Waals surface area contributed by atoms with Gasteiger partial charge in [0.15, 0.2) is 0 Å². The average molecular weight is 430 g/mol. The predicted molar refractivity (Wildman–Crippen MR) is 118 cm³/mol. The summed E-state index contributed by atoms with van der Waals surface area (Å²) in [6.45, 7) is 2.35. The summed E-state index contributed by atoms with van der Waals surface area (Å²) in [4.78, 5) is 16.8. The van der Waals surface area contributed by atoms with Crippen molar-refractivity contribution in [2.24, 2.45) is 0 Å². The second-order valence-electron chi connectivity index (χ2n) is 6.83. The summed E-state index contributed by atoms with van der Waals surface area (Å²) in [5, 5.41) is 5.59. The molecule has 0 bridgehead atoms. The number of nitrogens with zero attached hydrogens (tertiary/aromatic N) is 1. The predicted octanol–water partition coefficient (Wildman–Crippen LogP) is 3.39. The highest BCUT2D eigenvalue weighted by molar-refractivity contribution is 7.88. The molecular weight excluding hydrogens is 406 g/mol. The van der Waals surface area contributed by atoms with E-state index < -0.39 is 10.0 Å². The van der Waals surface area contributed by atoms with Crippen LogP contribution in [0.1, 0.15) is 16.1 Å². The molecule has 2 aromatic carbocycles. The number of carbonyl (C=O) groups is 1. The molecule has 8 heteroatoms. The van der Waals surface area contributed by atoms with Crippen molar-refractivity contribution in [3.05, 3.63) is 70.0 Å². The largest absolute Gasteiger partial charge is 0.326 e. The lowest BCUT2D eigenvalue weighted by molar-refractivity contribution is -0.115. The van der Waals surface area contributed by atoms with E-state index in [4.69, 9.17) is 0 Å². The number of anilines is 1. The van der Waals surface area contributed by atoms with Crippen molar-refractivity contribution in [1.82, 2.24) is 9.71 Å². The molecule has 0 atom stereocenters. The van der Waals surface area contributed by atoms with Gasteiger partial charge in [-0.05, 0) is 36.6 Å². The van der Waals surface area contributed by atoms with Gasteiger partial charge in [0.2, 0.25) is 15.9 Å². The number of benzene rings is 2. The zero-order valence-electron chi connectivity index (χ0n) is 16.3. The fourth-order valence-corrected chi connectivity index (χ4v) is 4.09. The number of sulfonamides is 1. The summed E-state index contributed by atoms with van der Waals surface area (Å²) in [6, 6.07) is 15.5. The maximum absolute atomic E-state index is 12.3. The molecule has 1 amide bonds. The van der Waals surface area contributed by atoms with Crippen LogP contribution in [0.5, 0.6) is 0 Å². The summed E-state index contributed by atoms with van der Waals surface area (Å²) in [7, 11) is -3.17. The fraction of sp³-hybridized carbons (Fsp3) is 0.238. The third-order valence-corrected chi connectivity index (χ3v) is 5.77. The first kappa shape index (κ1) is 21.2. The van der Waals surface area contributed by atoms with E-state index in [0.29, 0.717) is 13.0 Å². The number of rotatable bonds is 8. The van der Waals surface area contributed by atoms with Crippen molar-refractivity contribution in [2.75, 3.05) is 18.1 Å². The standard InChI is InChI=1S/C21H23N3O3S2/c1-15-4-3-5-18(12-15)23-20(25)13-21-24-19(14-28-21)17-8-6-16(7-9-17)10-11-22-29(2,26)27/h3-9,12,14,22H,10-11,13H2,1-2H3,(H,23,25). The van der Waals surface area contributed by atoms with Crippen molar-refractivity contribution >= 4 is 33.0 Å². The van der Waals surface area contributed by atoms with Gasteiger partial charge in [-0.1, -0.05) is 36.4 Å². The van der Waals surface area contributed by atoms with Crippen LogP contribution in [-0.4, -0.2) is 32.1 Å². The zero-order valence-corrected chi connectivity index (χ0v) is 17.9. The van der Waals surface area contributed by atoms with Crippen LogP contribution in [0.25, 0.3) is 11.3 Å². The van der Waals surface area contributed by atoms with Gasteiger partial charge >= 0.3 is 0 Å². The average Bonchev–Trinajstić information content (AvgIpc) is 3.09. The fourth-order valence-electron chi connectivity index (χ4n) is 2.81. The number of hydrogen-bond acceptors (Lipinski definition) is 5. The van der Waals surface area contributed by atoms with Crippen LogP contribution < -0.4 is 10.0 Å². The van der Waals surface area contributed by atoms with Gasteiger partial charge in [0, 0.05) is 23.2 Å². The molecule has 0 saturated carbocycles. The second kappa shape index (κ2) is 9.30. The number of hydrogen-bond donors (Lipinski definition) is 2. The van der Waals surface area contributed by atoms with Crippen molar-refractivity contribution in [3.63, 3.8) is 0 Å². The molecule has 2 N–H and O–H groups in total. The van der Waals surface area contributed by atoms with Crippen LogP contribution in [0.15, 0.2) is 53.9 Å². The van der Waals surface area contributed by atoms with E-state index in [1.54, 1.807) is 0 Å². The zero-order chi connectivity index (χ0) is 20.9. The summed E-state index contributed by atoms with van der Waals surface area (Å²) < 4.78 is 24.7. The molecule has 1 heterocycles. The first-order chi connectivity index (χ1) is 13.8. The van der Waals surface area contributed by atoms with E-state index in [1.165, 1.54) is 11.3 Å². The van der Waals surface area contributed by atoms with Gasteiger partial charge in [0.05, 0.1) is 18.4 Å². The van der Waals surface area contributed by atoms with E-state index in [2.05, 4.69) is 15.0 Å². The van der Waals surface area contributed by atoms with Crippen LogP contribution >= 0.6 is 11.3 Å². The van der Waals surface area contributed by atoms with Crippen LogP contribution in [0.3, 0.4) is 0 Å². The highest BCUT2D eigenvalue weighted by Crippen LogP contribution is 2.23. The first-order valence-electron chi connectivity index (χ1n) is 9.13. The number of amides is 1. The molecule has 29 heavy (non-hydrogen) atoms. The minimum Gasteiger partial charge on any atom is -0.326 e. The molecule has 0 spiro atoms. The Hall–Kier alpha value is -2.55. The monoisotopic (exact) mass is 429 g/mol. The van der Waals surface area contributed by atoms with E-state index in [9.17, 15) is 13.2 Å². The molecule has 0 fully saturated rings. The first-order valence-corrected chi connectivity index (χ1v) is 11.9. The lowest BCUT2D eigenvalue weighted by Gasteiger charge is -2.05. The Kier molecular flexibility index (Phi) is 6.79. The molecule has 1 aromatic heterocycles. The summed E-state index contributed by atoms with van der Waals surface area (Å²) in [5.74, 6) is -0.0924. The van der Waals surface area contributed by atoms with Gasteiger partial charge < -0.3 is 5.32 Å². The molecular formula is C21H23N3O3S2. The Morgan fingerprint density at radius 2 is 1.90 bits per heavy atom. The molecule has 6 nitrogen and oxygen atoms in total. The van der Waals surface area contributed by atoms with Crippen LogP contribution in [0.4, 0.5) is 5.69 Å². The molecule has 3 rings (SSSR count). The molecule has 3 aromatic rings. The molecule has 0 aliphatic rings. The van der Waals surface area contributed by atoms with Gasteiger partial charge in [0.1, 0.15) is 5.01 Å². The Labute approximate surface area is 175 Å². The Balaban J connectivity index is 1.57. The van der Waals surface area contributed by atoms with Gasteiger partial charge in [-0.15, -0.1) is 11.3 Å². The van der Waals surface area contributed by atoms with Crippen molar-refractivity contribution in [2.45, 2.75) is 19.8 Å². The van der Waals surface area contributed by atoms with Crippen LogP contribution in [0, 0.1) is 6.92 Å². The SMILES string of the molecule is Cc1cccc(NC(=O)Cc2nc(-c3ccc(CCNS(C)(=O)=O)cc3)cs2)c1. The molecule has 152 valence electrons. The van der Waals surface area contributed by atoms with Crippen molar-refractivity contribution in [1.29, 1.82) is 0 Å². The summed E-state index contributed by atoms with van der Waals surface area (Å²) >= 11 is 1.46. The second-order valence-corrected chi connectivity index (χ2v) is 9.61. The van der Waals surface area contributed by atoms with Crippen molar-refractivity contribution in [3.8, 4) is 11.3 Å². The third-order valence-electron chi connectivity index (χ3n) is 4.19. The molecule has 0 aliphatic carbocycles. The van der Waals surface area contributed by atoms with E-state index in [1.807, 2.05) is 60.8 Å². The Morgan fingerprint density at radius 1 is 1.14 bits per heavy atom. The lowest BCUT2D eigenvalue weighted by Crippen LogP contribution is -2.24. The Bertz CT molecular complexity index is 1090. The highest BCUT2D eigenvalue weighted by Gasteiger charge is 2.10. The van der Waals surface area contributed by atoms with Crippen LogP contribution in [0.2, 0.25) is 0 Å². The van der Waals surface area contributed by atoms with Crippen molar-refractivity contribution < 1.29 is 13.2 Å². The Morgan fingerprint density at radius 3 is 2.59 bits per heavy atom. The van der Waals surface area contributed by atoms with E-state index in [0.717, 1.165) is 39.3 Å². The molecule has 0 aliphatic heterocycles. The number of thiazole rings is 1. The molecule has 0 unspecified atom stereocenters. The molecule has 0 saturated heterocycles. The van der Waals surface area contributed by atoms with E-state index in [-0.39, 0.29) is 12.3 Å². The maximum Gasteiger partial charge on any atom is 0.231 e. The molecule has 0 radical (unpaired) electrons. The number of nitrogens with one attached hydrogen (secondary N) is 2. The van der Waals surface area contributed by atoms with Gasteiger partial charge in [-0.2, -0.15) is 0 Å². The number of aromatic nitrogens is 1. The minimum absolute atomic E-state index is 0.0924. The minimum atomic E-state index is -3.17. The lowest BCUT2D eigenvalue weighted by atomic mass is 10.1. The van der Waals surface area contributed by atoms with Gasteiger partial charge in [0.25, 0.3) is 0 Å². The summed E-state index contributed by atoms with van der Waals surface area (Å²) in [6.07, 6.45) is 2.00. The van der Waals surface area contributed by atoms with Gasteiger partial charge in [-0.25, -0.2) is 18.1 Å². The summed E-state index contributed by atoms with van der Waals surface area (Å²) in [5.41, 5.74) is 4.71. The number of carbonyl (C=O) groups excluding carboxylic acids is 1. The smallest absolute Gasteiger partial charge is 0.231 e. The third kappa shape index (κ3) is 6.77. The topological polar surface area (TPSA) is 88.2 Å². The number of aryl methyl sites for hydroxylation is 1. The highest BCUT2D eigenvalue weighted by atomic mass is 32.2. The van der Waals surface area contributed by atoms with Gasteiger partial charge in [-0.3, -0.25) is 4.79 Å². The van der Waals surface area contributed by atoms with E-state index >= 15 is 0 Å². The maximum atomic E-state index is 12.3. The van der Waals surface area contributed by atoms with Crippen LogP contribution in [-0.2, 0) is 27.7 Å².